The van der Waals surface area contributed by atoms with E-state index in [-0.39, 0.29) is 10.8 Å². The highest BCUT2D eigenvalue weighted by atomic mass is 32.2. The number of nitrogens with two attached hydrogens (primary N) is 1. The van der Waals surface area contributed by atoms with Gasteiger partial charge in [-0.2, -0.15) is 4.31 Å². The first-order chi connectivity index (χ1) is 11.9. The van der Waals surface area contributed by atoms with Crippen LogP contribution < -0.4 is 11.1 Å². The monoisotopic (exact) mass is 367 g/mol. The van der Waals surface area contributed by atoms with E-state index >= 15 is 0 Å². The zero-order chi connectivity index (χ0) is 17.9. The summed E-state index contributed by atoms with van der Waals surface area (Å²) in [5, 5.41) is 2.77. The van der Waals surface area contributed by atoms with Crippen LogP contribution >= 0.6 is 0 Å². The summed E-state index contributed by atoms with van der Waals surface area (Å²) in [6.45, 7) is 2.00. The molecule has 2 saturated heterocycles. The van der Waals surface area contributed by atoms with Gasteiger partial charge in [-0.25, -0.2) is 8.42 Å². The second-order valence-corrected chi connectivity index (χ2v) is 8.65. The van der Waals surface area contributed by atoms with Gasteiger partial charge in [-0.05, 0) is 43.9 Å². The highest BCUT2D eigenvalue weighted by molar-refractivity contribution is 7.89. The fraction of sp³-hybridized carbons (Fsp3) is 0.588. The number of nitrogens with zero attached hydrogens (tertiary/aromatic N) is 1. The van der Waals surface area contributed by atoms with Crippen molar-refractivity contribution in [2.75, 3.05) is 31.6 Å². The van der Waals surface area contributed by atoms with Gasteiger partial charge in [-0.1, -0.05) is 12.5 Å². The lowest BCUT2D eigenvalue weighted by Crippen LogP contribution is -2.54. The third-order valence-electron chi connectivity index (χ3n) is 4.88. The highest BCUT2D eigenvalue weighted by Crippen LogP contribution is 2.24. The largest absolute Gasteiger partial charge is 0.381 e. The second kappa shape index (κ2) is 7.41. The van der Waals surface area contributed by atoms with Crippen LogP contribution in [0.1, 0.15) is 32.1 Å². The number of piperidine rings is 1. The topological polar surface area (TPSA) is 102 Å². The maximum absolute atomic E-state index is 12.8. The van der Waals surface area contributed by atoms with Crippen LogP contribution in [0.25, 0.3) is 0 Å². The molecule has 0 bridgehead atoms. The lowest BCUT2D eigenvalue weighted by atomic mass is 9.90. The summed E-state index contributed by atoms with van der Waals surface area (Å²) in [6, 6.07) is 6.38. The maximum Gasteiger partial charge on any atom is 0.244 e. The summed E-state index contributed by atoms with van der Waals surface area (Å²) >= 11 is 0. The quantitative estimate of drug-likeness (QED) is 0.835. The van der Waals surface area contributed by atoms with Crippen LogP contribution in [0.15, 0.2) is 29.2 Å². The molecule has 0 aliphatic carbocycles. The molecule has 0 spiro atoms. The van der Waals surface area contributed by atoms with Gasteiger partial charge in [-0.15, -0.1) is 0 Å². The number of rotatable bonds is 4. The Bertz CT molecular complexity index is 723. The molecular weight excluding hydrogens is 342 g/mol. The van der Waals surface area contributed by atoms with Crippen molar-refractivity contribution in [2.45, 2.75) is 42.5 Å². The molecule has 8 heteroatoms. The number of sulfonamides is 1. The van der Waals surface area contributed by atoms with Crippen molar-refractivity contribution in [3.05, 3.63) is 24.3 Å². The van der Waals surface area contributed by atoms with Crippen LogP contribution in [0, 0.1) is 0 Å². The molecular formula is C17H25N3O4S. The molecule has 3 rings (SSSR count). The van der Waals surface area contributed by atoms with Crippen molar-refractivity contribution in [2.24, 2.45) is 5.73 Å². The van der Waals surface area contributed by atoms with E-state index in [0.29, 0.717) is 44.8 Å². The number of hydrogen-bond donors (Lipinski definition) is 2. The highest BCUT2D eigenvalue weighted by Gasteiger charge is 2.36. The van der Waals surface area contributed by atoms with Crippen LogP contribution in [0.5, 0.6) is 0 Å². The minimum absolute atomic E-state index is 0.199. The molecule has 138 valence electrons. The maximum atomic E-state index is 12.8. The first kappa shape index (κ1) is 18.3. The minimum Gasteiger partial charge on any atom is -0.381 e. The molecule has 0 radical (unpaired) electrons. The van der Waals surface area contributed by atoms with Crippen molar-refractivity contribution in [1.82, 2.24) is 4.31 Å². The number of amides is 1. The fourth-order valence-electron chi connectivity index (χ4n) is 3.21. The van der Waals surface area contributed by atoms with Crippen molar-refractivity contribution in [3.63, 3.8) is 0 Å². The van der Waals surface area contributed by atoms with E-state index in [4.69, 9.17) is 10.5 Å². The molecule has 2 heterocycles. The van der Waals surface area contributed by atoms with Gasteiger partial charge in [0.25, 0.3) is 0 Å². The first-order valence-corrected chi connectivity index (χ1v) is 10.1. The van der Waals surface area contributed by atoms with E-state index in [1.54, 1.807) is 18.2 Å². The van der Waals surface area contributed by atoms with E-state index in [2.05, 4.69) is 5.32 Å². The molecule has 7 nitrogen and oxygen atoms in total. The van der Waals surface area contributed by atoms with E-state index in [1.165, 1.54) is 10.4 Å². The Hall–Kier alpha value is -1.48. The standard InChI is InChI=1S/C17H25N3O4S/c18-17(7-11-24-12-8-17)16(21)19-14-5-4-6-15(13-14)25(22,23)20-9-2-1-3-10-20/h4-6,13H,1-3,7-12,18H2,(H,19,21). The Morgan fingerprint density at radius 3 is 2.52 bits per heavy atom. The molecule has 0 atom stereocenters. The van der Waals surface area contributed by atoms with Gasteiger partial charge in [0.2, 0.25) is 15.9 Å². The van der Waals surface area contributed by atoms with E-state index < -0.39 is 15.6 Å². The minimum atomic E-state index is -3.53. The van der Waals surface area contributed by atoms with Crippen LogP contribution in [0.4, 0.5) is 5.69 Å². The zero-order valence-corrected chi connectivity index (χ0v) is 15.1. The average Bonchev–Trinajstić information content (AvgIpc) is 2.63. The van der Waals surface area contributed by atoms with Gasteiger partial charge in [0.15, 0.2) is 0 Å². The van der Waals surface area contributed by atoms with Gasteiger partial charge in [-0.3, -0.25) is 4.79 Å². The molecule has 0 aromatic heterocycles. The Balaban J connectivity index is 1.76. The SMILES string of the molecule is NC1(C(=O)Nc2cccc(S(=O)(=O)N3CCCCC3)c2)CCOCC1. The van der Waals surface area contributed by atoms with E-state index in [0.717, 1.165) is 19.3 Å². The van der Waals surface area contributed by atoms with Crippen molar-refractivity contribution in [3.8, 4) is 0 Å². The molecule has 1 aromatic carbocycles. The number of carbonyl (C=O) groups excluding carboxylic acids is 1. The molecule has 2 fully saturated rings. The van der Waals surface area contributed by atoms with Gasteiger partial charge in [0.1, 0.15) is 5.54 Å². The number of nitrogens with one attached hydrogen (secondary N) is 1. The Morgan fingerprint density at radius 2 is 1.84 bits per heavy atom. The number of benzene rings is 1. The van der Waals surface area contributed by atoms with Gasteiger partial charge in [0.05, 0.1) is 4.90 Å². The smallest absolute Gasteiger partial charge is 0.244 e. The lowest BCUT2D eigenvalue weighted by molar-refractivity contribution is -0.124. The number of ether oxygens (including phenoxy) is 1. The second-order valence-electron chi connectivity index (χ2n) is 6.72. The average molecular weight is 367 g/mol. The number of anilines is 1. The van der Waals surface area contributed by atoms with Crippen molar-refractivity contribution >= 4 is 21.6 Å². The first-order valence-electron chi connectivity index (χ1n) is 8.70. The van der Waals surface area contributed by atoms with E-state index in [9.17, 15) is 13.2 Å². The van der Waals surface area contributed by atoms with Crippen molar-refractivity contribution in [1.29, 1.82) is 0 Å². The molecule has 3 N–H and O–H groups in total. The number of hydrogen-bond acceptors (Lipinski definition) is 5. The van der Waals surface area contributed by atoms with Gasteiger partial charge < -0.3 is 15.8 Å². The van der Waals surface area contributed by atoms with Crippen LogP contribution in [-0.4, -0.2) is 50.5 Å². The molecule has 0 saturated carbocycles. The lowest BCUT2D eigenvalue weighted by Gasteiger charge is -2.31. The van der Waals surface area contributed by atoms with Crippen molar-refractivity contribution < 1.29 is 17.9 Å². The summed E-state index contributed by atoms with van der Waals surface area (Å²) < 4.78 is 32.3. The summed E-state index contributed by atoms with van der Waals surface area (Å²) in [6.07, 6.45) is 3.72. The molecule has 1 aromatic rings. The predicted octanol–water partition coefficient (Wildman–Crippen LogP) is 1.31. The molecule has 25 heavy (non-hydrogen) atoms. The molecule has 2 aliphatic heterocycles. The molecule has 0 unspecified atom stereocenters. The fourth-order valence-corrected chi connectivity index (χ4v) is 4.77. The van der Waals surface area contributed by atoms with Gasteiger partial charge in [0, 0.05) is 32.0 Å². The van der Waals surface area contributed by atoms with Crippen LogP contribution in [0.2, 0.25) is 0 Å². The summed E-state index contributed by atoms with van der Waals surface area (Å²) in [5.74, 6) is -0.302. The Kier molecular flexibility index (Phi) is 5.43. The predicted molar refractivity (Wildman–Crippen MR) is 94.7 cm³/mol. The summed E-state index contributed by atoms with van der Waals surface area (Å²) in [4.78, 5) is 12.7. The number of carbonyl (C=O) groups is 1. The van der Waals surface area contributed by atoms with Gasteiger partial charge >= 0.3 is 0 Å². The third kappa shape index (κ3) is 4.03. The normalized spacial score (nSPS) is 21.6. The van der Waals surface area contributed by atoms with Crippen LogP contribution in [0.3, 0.4) is 0 Å². The molecule has 2 aliphatic rings. The third-order valence-corrected chi connectivity index (χ3v) is 6.78. The molecule has 1 amide bonds. The Morgan fingerprint density at radius 1 is 1.16 bits per heavy atom. The zero-order valence-electron chi connectivity index (χ0n) is 14.2. The summed E-state index contributed by atoms with van der Waals surface area (Å²) in [5.41, 5.74) is 5.64. The summed E-state index contributed by atoms with van der Waals surface area (Å²) in [7, 11) is -3.53. The van der Waals surface area contributed by atoms with E-state index in [1.807, 2.05) is 0 Å². The Labute approximate surface area is 148 Å². The van der Waals surface area contributed by atoms with Crippen LogP contribution in [-0.2, 0) is 19.6 Å².